The number of carboxylic acids is 1. The Bertz CT molecular complexity index is 691. The van der Waals surface area contributed by atoms with Gasteiger partial charge in [-0.15, -0.1) is 10.2 Å². The topological polar surface area (TPSA) is 71.2 Å². The number of benzene rings is 1. The van der Waals surface area contributed by atoms with Gasteiger partial charge in [0, 0.05) is 13.0 Å². The van der Waals surface area contributed by atoms with Crippen molar-refractivity contribution in [3.8, 4) is 11.4 Å². The normalized spacial score (nSPS) is 14.8. The van der Waals surface area contributed by atoms with Crippen LogP contribution in [0.25, 0.3) is 11.4 Å². The van der Waals surface area contributed by atoms with E-state index in [0.29, 0.717) is 31.0 Å². The van der Waals surface area contributed by atoms with Crippen LogP contribution in [0.15, 0.2) is 29.4 Å². The Morgan fingerprint density at radius 1 is 1.36 bits per heavy atom. The Labute approximate surface area is 131 Å². The average molecular weight is 322 g/mol. The summed E-state index contributed by atoms with van der Waals surface area (Å²) in [5.74, 6) is 0.116. The van der Waals surface area contributed by atoms with Crippen LogP contribution in [0.5, 0.6) is 0 Å². The molecule has 0 spiro atoms. The summed E-state index contributed by atoms with van der Waals surface area (Å²) in [6, 6.07) is 6.48. The molecule has 0 bridgehead atoms. The molecule has 116 valence electrons. The number of carbonyl (C=O) groups is 1. The van der Waals surface area contributed by atoms with E-state index in [2.05, 4.69) is 15.1 Å². The Hall–Kier alpha value is -1.93. The lowest BCUT2D eigenvalue weighted by atomic mass is 10.2. The summed E-state index contributed by atoms with van der Waals surface area (Å²) in [7, 11) is 0. The molecule has 1 aromatic carbocycles. The van der Waals surface area contributed by atoms with E-state index in [1.54, 1.807) is 18.2 Å². The summed E-state index contributed by atoms with van der Waals surface area (Å²) in [5, 5.41) is 17.7. The zero-order valence-corrected chi connectivity index (χ0v) is 12.6. The fourth-order valence-electron chi connectivity index (χ4n) is 2.34. The summed E-state index contributed by atoms with van der Waals surface area (Å²) >= 11 is 1.52. The molecule has 0 saturated heterocycles. The molecule has 0 atom stereocenters. The number of thioether (sulfide) groups is 1. The predicted molar refractivity (Wildman–Crippen MR) is 79.7 cm³/mol. The standard InChI is InChI=1S/C14H15FN4O2S/c15-11-5-2-1-4-10(11)13-16-17-14-19(13)8-18(9-22-14)7-3-6-12(20)21/h1-2,4-5H,3,6-9H2,(H,20,21). The van der Waals surface area contributed by atoms with Gasteiger partial charge in [-0.05, 0) is 18.6 Å². The number of aromatic nitrogens is 3. The Kier molecular flexibility index (Phi) is 4.39. The van der Waals surface area contributed by atoms with E-state index in [0.717, 1.165) is 11.0 Å². The third-order valence-electron chi connectivity index (χ3n) is 3.41. The Morgan fingerprint density at radius 3 is 2.95 bits per heavy atom. The second kappa shape index (κ2) is 6.45. The maximum atomic E-state index is 13.9. The van der Waals surface area contributed by atoms with Crippen LogP contribution in [0.3, 0.4) is 0 Å². The van der Waals surface area contributed by atoms with Gasteiger partial charge in [0.15, 0.2) is 11.0 Å². The van der Waals surface area contributed by atoms with Gasteiger partial charge >= 0.3 is 5.97 Å². The molecule has 6 nitrogen and oxygen atoms in total. The first-order chi connectivity index (χ1) is 10.6. The summed E-state index contributed by atoms with van der Waals surface area (Å²) in [6.07, 6.45) is 0.735. The number of fused-ring (bicyclic) bond motifs is 1. The Balaban J connectivity index is 1.77. The molecule has 0 amide bonds. The number of nitrogens with zero attached hydrogens (tertiary/aromatic N) is 4. The molecule has 2 heterocycles. The quantitative estimate of drug-likeness (QED) is 0.910. The predicted octanol–water partition coefficient (Wildman–Crippen LogP) is 2.27. The largest absolute Gasteiger partial charge is 0.481 e. The van der Waals surface area contributed by atoms with Gasteiger partial charge in [-0.2, -0.15) is 0 Å². The van der Waals surface area contributed by atoms with Gasteiger partial charge in [0.1, 0.15) is 5.82 Å². The van der Waals surface area contributed by atoms with Crippen LogP contribution in [-0.2, 0) is 11.5 Å². The van der Waals surface area contributed by atoms with Crippen molar-refractivity contribution in [2.24, 2.45) is 0 Å². The second-order valence-corrected chi connectivity index (χ2v) is 5.93. The van der Waals surface area contributed by atoms with Crippen molar-refractivity contribution < 1.29 is 14.3 Å². The maximum absolute atomic E-state index is 13.9. The van der Waals surface area contributed by atoms with Gasteiger partial charge in [-0.25, -0.2) is 4.39 Å². The summed E-state index contributed by atoms with van der Waals surface area (Å²) in [6.45, 7) is 1.21. The molecule has 8 heteroatoms. The monoisotopic (exact) mass is 322 g/mol. The summed E-state index contributed by atoms with van der Waals surface area (Å²) in [4.78, 5) is 12.7. The summed E-state index contributed by atoms with van der Waals surface area (Å²) in [5.41, 5.74) is 0.425. The first-order valence-electron chi connectivity index (χ1n) is 6.90. The number of rotatable bonds is 5. The average Bonchev–Trinajstić information content (AvgIpc) is 2.90. The fourth-order valence-corrected chi connectivity index (χ4v) is 3.25. The van der Waals surface area contributed by atoms with Crippen molar-refractivity contribution >= 4 is 17.7 Å². The smallest absolute Gasteiger partial charge is 0.303 e. The molecule has 0 radical (unpaired) electrons. The van der Waals surface area contributed by atoms with Crippen molar-refractivity contribution in [3.05, 3.63) is 30.1 Å². The first kappa shape index (κ1) is 15.0. The van der Waals surface area contributed by atoms with Gasteiger partial charge in [0.05, 0.1) is 18.1 Å². The van der Waals surface area contributed by atoms with E-state index in [4.69, 9.17) is 5.11 Å². The Morgan fingerprint density at radius 2 is 2.18 bits per heavy atom. The zero-order valence-electron chi connectivity index (χ0n) is 11.8. The van der Waals surface area contributed by atoms with Gasteiger partial charge in [-0.1, -0.05) is 23.9 Å². The molecule has 1 N–H and O–H groups in total. The van der Waals surface area contributed by atoms with Gasteiger partial charge in [-0.3, -0.25) is 14.3 Å². The maximum Gasteiger partial charge on any atom is 0.303 e. The molecule has 0 fully saturated rings. The van der Waals surface area contributed by atoms with Crippen molar-refractivity contribution in [1.29, 1.82) is 0 Å². The first-order valence-corrected chi connectivity index (χ1v) is 7.89. The van der Waals surface area contributed by atoms with E-state index in [1.807, 2.05) is 4.57 Å². The van der Waals surface area contributed by atoms with Crippen LogP contribution in [0.1, 0.15) is 12.8 Å². The van der Waals surface area contributed by atoms with Gasteiger partial charge < -0.3 is 5.11 Å². The zero-order chi connectivity index (χ0) is 15.5. The van der Waals surface area contributed by atoms with Crippen LogP contribution in [0.4, 0.5) is 4.39 Å². The molecular formula is C14H15FN4O2S. The lowest BCUT2D eigenvalue weighted by Gasteiger charge is -2.27. The lowest BCUT2D eigenvalue weighted by molar-refractivity contribution is -0.137. The molecule has 22 heavy (non-hydrogen) atoms. The van der Waals surface area contributed by atoms with Crippen LogP contribution in [0, 0.1) is 5.82 Å². The highest BCUT2D eigenvalue weighted by Crippen LogP contribution is 2.29. The molecule has 1 aromatic heterocycles. The highest BCUT2D eigenvalue weighted by molar-refractivity contribution is 7.99. The third-order valence-corrected chi connectivity index (χ3v) is 4.47. The van der Waals surface area contributed by atoms with E-state index in [9.17, 15) is 9.18 Å². The SMILES string of the molecule is O=C(O)CCCN1CSc2nnc(-c3ccccc3F)n2C1. The molecule has 0 saturated carbocycles. The molecule has 0 aliphatic carbocycles. The molecule has 2 aromatic rings. The second-order valence-electron chi connectivity index (χ2n) is 5.02. The molecule has 1 aliphatic rings. The highest BCUT2D eigenvalue weighted by atomic mass is 32.2. The fraction of sp³-hybridized carbons (Fsp3) is 0.357. The minimum absolute atomic E-state index is 0.149. The van der Waals surface area contributed by atoms with Crippen LogP contribution in [-0.4, -0.2) is 43.2 Å². The third kappa shape index (κ3) is 3.12. The number of carboxylic acid groups (broad SMARTS) is 1. The number of aliphatic carboxylic acids is 1. The molecule has 1 aliphatic heterocycles. The molecule has 3 rings (SSSR count). The van der Waals surface area contributed by atoms with Crippen molar-refractivity contribution in [2.45, 2.75) is 24.7 Å². The lowest BCUT2D eigenvalue weighted by Crippen LogP contribution is -2.31. The highest BCUT2D eigenvalue weighted by Gasteiger charge is 2.23. The molecular weight excluding hydrogens is 307 g/mol. The van der Waals surface area contributed by atoms with Crippen LogP contribution < -0.4 is 0 Å². The van der Waals surface area contributed by atoms with E-state index < -0.39 is 5.97 Å². The van der Waals surface area contributed by atoms with Crippen LogP contribution in [0.2, 0.25) is 0 Å². The van der Waals surface area contributed by atoms with E-state index in [-0.39, 0.29) is 12.2 Å². The minimum Gasteiger partial charge on any atom is -0.481 e. The van der Waals surface area contributed by atoms with Crippen molar-refractivity contribution in [2.75, 3.05) is 12.4 Å². The van der Waals surface area contributed by atoms with Crippen LogP contribution >= 0.6 is 11.8 Å². The number of hydrogen-bond donors (Lipinski definition) is 1. The number of halogens is 1. The van der Waals surface area contributed by atoms with Crippen molar-refractivity contribution in [3.63, 3.8) is 0 Å². The minimum atomic E-state index is -0.790. The number of hydrogen-bond acceptors (Lipinski definition) is 5. The van der Waals surface area contributed by atoms with Crippen molar-refractivity contribution in [1.82, 2.24) is 19.7 Å². The summed E-state index contributed by atoms with van der Waals surface area (Å²) < 4.78 is 15.8. The van der Waals surface area contributed by atoms with E-state index in [1.165, 1.54) is 17.8 Å². The van der Waals surface area contributed by atoms with Gasteiger partial charge in [0.2, 0.25) is 0 Å². The molecule has 0 unspecified atom stereocenters. The van der Waals surface area contributed by atoms with Gasteiger partial charge in [0.25, 0.3) is 0 Å². The van der Waals surface area contributed by atoms with E-state index >= 15 is 0 Å².